The Kier molecular flexibility index (Phi) is 7.61. The number of hydrogen-bond donors (Lipinski definition) is 1. The Labute approximate surface area is 163 Å². The molecule has 2 rings (SSSR count). The second-order valence-corrected chi connectivity index (χ2v) is 13.5. The van der Waals surface area contributed by atoms with E-state index in [1.54, 1.807) is 6.20 Å². The van der Waals surface area contributed by atoms with Crippen LogP contribution in [0.15, 0.2) is 17.5 Å². The van der Waals surface area contributed by atoms with Crippen molar-refractivity contribution in [1.29, 1.82) is 0 Å². The Morgan fingerprint density at radius 2 is 2.19 bits per heavy atom. The highest BCUT2D eigenvalue weighted by Gasteiger charge is 2.37. The number of nitrogens with zero attached hydrogens (tertiary/aromatic N) is 3. The normalized spacial score (nSPS) is 21.5. The van der Waals surface area contributed by atoms with Gasteiger partial charge in [-0.1, -0.05) is 25.9 Å². The summed E-state index contributed by atoms with van der Waals surface area (Å²) in [6, 6.07) is -0.250. The average molecular weight is 398 g/mol. The molecule has 0 saturated carbocycles. The molecule has 7 nitrogen and oxygen atoms in total. The Morgan fingerprint density at radius 3 is 2.78 bits per heavy atom. The summed E-state index contributed by atoms with van der Waals surface area (Å²) in [6.45, 7) is 14.2. The zero-order chi connectivity index (χ0) is 20.1. The summed E-state index contributed by atoms with van der Waals surface area (Å²) in [5.41, 5.74) is 0. The number of imidazole rings is 1. The first-order valence-electron chi connectivity index (χ1n) is 9.77. The van der Waals surface area contributed by atoms with Crippen LogP contribution in [0.25, 0.3) is 0 Å². The number of ether oxygens (including phenoxy) is 2. The van der Waals surface area contributed by atoms with Gasteiger partial charge in [-0.2, -0.15) is 0 Å². The number of aromatic nitrogens is 2. The highest BCUT2D eigenvalue weighted by atomic mass is 28.4. The maximum atomic E-state index is 9.16. The second kappa shape index (κ2) is 9.32. The Hall–Kier alpha value is -1.22. The molecule has 8 heteroatoms. The van der Waals surface area contributed by atoms with Gasteiger partial charge in [0.15, 0.2) is 14.6 Å². The molecular weight excluding hydrogens is 362 g/mol. The molecule has 1 aliphatic rings. The highest BCUT2D eigenvalue weighted by Crippen LogP contribution is 2.37. The van der Waals surface area contributed by atoms with Gasteiger partial charge in [-0.05, 0) is 44.3 Å². The molecule has 1 fully saturated rings. The summed E-state index contributed by atoms with van der Waals surface area (Å²) >= 11 is 0. The van der Waals surface area contributed by atoms with Gasteiger partial charge in [0.25, 0.3) is 0 Å². The van der Waals surface area contributed by atoms with E-state index in [2.05, 4.69) is 44.0 Å². The molecule has 0 bridgehead atoms. The lowest BCUT2D eigenvalue weighted by Gasteiger charge is -2.37. The molecule has 0 radical (unpaired) electrons. The molecule has 154 valence electrons. The molecule has 3 unspecified atom stereocenters. The molecule has 0 spiro atoms. The van der Waals surface area contributed by atoms with Crippen LogP contribution in [0, 0.1) is 0 Å². The van der Waals surface area contributed by atoms with Crippen LogP contribution in [0.2, 0.25) is 18.1 Å². The van der Waals surface area contributed by atoms with Gasteiger partial charge < -0.3 is 23.7 Å². The summed E-state index contributed by atoms with van der Waals surface area (Å²) in [7, 11) is -1.92. The van der Waals surface area contributed by atoms with Crippen molar-refractivity contribution in [3.8, 4) is 0 Å². The minimum atomic E-state index is -1.92. The van der Waals surface area contributed by atoms with Crippen molar-refractivity contribution < 1.29 is 19.1 Å². The molecule has 1 saturated heterocycles. The lowest BCUT2D eigenvalue weighted by Crippen LogP contribution is -2.42. The fourth-order valence-corrected chi connectivity index (χ4v) is 3.83. The maximum Gasteiger partial charge on any atom is 0.192 e. The van der Waals surface area contributed by atoms with Gasteiger partial charge in [-0.3, -0.25) is 0 Å². The molecule has 0 aliphatic carbocycles. The van der Waals surface area contributed by atoms with Crippen molar-refractivity contribution in [2.75, 3.05) is 13.2 Å². The van der Waals surface area contributed by atoms with Crippen LogP contribution < -0.4 is 0 Å². The van der Waals surface area contributed by atoms with E-state index in [9.17, 15) is 0 Å². The summed E-state index contributed by atoms with van der Waals surface area (Å²) < 4.78 is 20.0. The van der Waals surface area contributed by atoms with Crippen molar-refractivity contribution in [2.45, 2.75) is 83.5 Å². The van der Waals surface area contributed by atoms with Crippen molar-refractivity contribution >= 4 is 14.5 Å². The van der Waals surface area contributed by atoms with Crippen molar-refractivity contribution in [3.05, 3.63) is 18.2 Å². The van der Waals surface area contributed by atoms with Crippen LogP contribution in [0.3, 0.4) is 0 Å². The van der Waals surface area contributed by atoms with Crippen LogP contribution in [0.1, 0.15) is 64.9 Å². The van der Waals surface area contributed by atoms with E-state index < -0.39 is 8.32 Å². The quantitative estimate of drug-likeness (QED) is 0.302. The fraction of sp³-hybridized carbons (Fsp3) is 0.789. The van der Waals surface area contributed by atoms with Crippen LogP contribution in [0.5, 0.6) is 0 Å². The van der Waals surface area contributed by atoms with Gasteiger partial charge in [0, 0.05) is 19.0 Å². The third-order valence-corrected chi connectivity index (χ3v) is 10.1. The lowest BCUT2D eigenvalue weighted by molar-refractivity contribution is -0.188. The molecule has 1 aromatic rings. The van der Waals surface area contributed by atoms with Gasteiger partial charge in [0.05, 0.1) is 18.9 Å². The molecule has 1 aliphatic heterocycles. The predicted octanol–water partition coefficient (Wildman–Crippen LogP) is 4.51. The van der Waals surface area contributed by atoms with Gasteiger partial charge in [0.1, 0.15) is 11.9 Å². The van der Waals surface area contributed by atoms with Gasteiger partial charge >= 0.3 is 0 Å². The smallest absolute Gasteiger partial charge is 0.192 e. The third-order valence-electron chi connectivity index (χ3n) is 5.57. The first kappa shape index (κ1) is 22.1. The number of oxime groups is 1. The SMILES string of the molecule is CC(OC1CCCCO1)c1nccn1C(/C=N/O)CO[Si](C)(C)C(C)(C)C. The summed E-state index contributed by atoms with van der Waals surface area (Å²) in [5, 5.41) is 12.5. The van der Waals surface area contributed by atoms with E-state index in [1.807, 2.05) is 17.7 Å². The lowest BCUT2D eigenvalue weighted by atomic mass is 10.2. The van der Waals surface area contributed by atoms with E-state index >= 15 is 0 Å². The van der Waals surface area contributed by atoms with Crippen molar-refractivity contribution in [1.82, 2.24) is 9.55 Å². The summed E-state index contributed by atoms with van der Waals surface area (Å²) in [6.07, 6.45) is 7.79. The van der Waals surface area contributed by atoms with Gasteiger partial charge in [-0.25, -0.2) is 4.98 Å². The van der Waals surface area contributed by atoms with E-state index in [0.29, 0.717) is 6.61 Å². The standard InChI is InChI=1S/C19H35N3O4Si/c1-15(26-17-9-7-8-12-24-17)18-20-10-11-22(18)16(13-21-23)14-25-27(5,6)19(2,3)4/h10-11,13,15-17,23H,7-9,12,14H2,1-6H3/b21-13+. The van der Waals surface area contributed by atoms with Crippen LogP contribution in [0.4, 0.5) is 0 Å². The number of rotatable bonds is 8. The fourth-order valence-electron chi connectivity index (χ4n) is 2.81. The molecule has 27 heavy (non-hydrogen) atoms. The molecule has 0 amide bonds. The van der Waals surface area contributed by atoms with Crippen LogP contribution >= 0.6 is 0 Å². The maximum absolute atomic E-state index is 9.16. The van der Waals surface area contributed by atoms with Gasteiger partial charge in [0.2, 0.25) is 0 Å². The number of hydrogen-bond acceptors (Lipinski definition) is 6. The zero-order valence-electron chi connectivity index (χ0n) is 17.5. The molecule has 1 N–H and O–H groups in total. The predicted molar refractivity (Wildman–Crippen MR) is 108 cm³/mol. The summed E-state index contributed by atoms with van der Waals surface area (Å²) in [4.78, 5) is 4.47. The molecule has 0 aromatic carbocycles. The molecular formula is C19H35N3O4Si. The topological polar surface area (TPSA) is 78.1 Å². The minimum absolute atomic E-state index is 0.112. The molecule has 3 atom stereocenters. The monoisotopic (exact) mass is 397 g/mol. The largest absolute Gasteiger partial charge is 0.414 e. The Morgan fingerprint density at radius 1 is 1.44 bits per heavy atom. The third kappa shape index (κ3) is 5.87. The van der Waals surface area contributed by atoms with Crippen LogP contribution in [-0.2, 0) is 13.9 Å². The van der Waals surface area contributed by atoms with E-state index in [0.717, 1.165) is 31.7 Å². The van der Waals surface area contributed by atoms with Gasteiger partial charge in [-0.15, -0.1) is 0 Å². The second-order valence-electron chi connectivity index (χ2n) is 8.67. The zero-order valence-corrected chi connectivity index (χ0v) is 18.5. The van der Waals surface area contributed by atoms with Crippen molar-refractivity contribution in [2.24, 2.45) is 5.16 Å². The summed E-state index contributed by atoms with van der Waals surface area (Å²) in [5.74, 6) is 0.771. The average Bonchev–Trinajstić information content (AvgIpc) is 3.08. The van der Waals surface area contributed by atoms with E-state index in [1.165, 1.54) is 6.21 Å². The minimum Gasteiger partial charge on any atom is -0.414 e. The van der Waals surface area contributed by atoms with Crippen LogP contribution in [-0.4, -0.2) is 48.8 Å². The first-order valence-corrected chi connectivity index (χ1v) is 12.7. The first-order chi connectivity index (χ1) is 12.7. The Balaban J connectivity index is 2.10. The van der Waals surface area contributed by atoms with Crippen molar-refractivity contribution in [3.63, 3.8) is 0 Å². The van der Waals surface area contributed by atoms with E-state index in [-0.39, 0.29) is 23.5 Å². The van der Waals surface area contributed by atoms with E-state index in [4.69, 9.17) is 19.1 Å². The molecule has 2 heterocycles. The molecule has 1 aromatic heterocycles. The highest BCUT2D eigenvalue weighted by molar-refractivity contribution is 6.74. The Bertz CT molecular complexity index is 606.